The van der Waals surface area contributed by atoms with Crippen LogP contribution in [0.1, 0.15) is 56.9 Å². The second-order valence-electron chi connectivity index (χ2n) is 8.74. The zero-order valence-corrected chi connectivity index (χ0v) is 18.1. The van der Waals surface area contributed by atoms with E-state index >= 15 is 0 Å². The van der Waals surface area contributed by atoms with Gasteiger partial charge in [0.1, 0.15) is 0 Å². The molecule has 4 rings (SSSR count). The van der Waals surface area contributed by atoms with Crippen molar-refractivity contribution in [2.45, 2.75) is 69.9 Å². The van der Waals surface area contributed by atoms with Crippen molar-refractivity contribution in [3.63, 3.8) is 0 Å². The molecule has 3 amide bonds. The summed E-state index contributed by atoms with van der Waals surface area (Å²) in [5.74, 6) is 0.0672. The maximum atomic E-state index is 12.5. The first-order valence-electron chi connectivity index (χ1n) is 11.6. The van der Waals surface area contributed by atoms with Crippen molar-refractivity contribution >= 4 is 11.9 Å². The molecule has 1 saturated carbocycles. The van der Waals surface area contributed by atoms with E-state index in [0.29, 0.717) is 32.0 Å². The molecule has 31 heavy (non-hydrogen) atoms. The Kier molecular flexibility index (Phi) is 7.22. The number of hydrogen-bond donors (Lipinski definition) is 2. The van der Waals surface area contributed by atoms with Crippen molar-refractivity contribution in [1.29, 1.82) is 0 Å². The molecule has 1 aliphatic carbocycles. The number of para-hydroxylation sites is 1. The van der Waals surface area contributed by atoms with Gasteiger partial charge in [-0.3, -0.25) is 4.79 Å². The molecule has 7 nitrogen and oxygen atoms in total. The summed E-state index contributed by atoms with van der Waals surface area (Å²) in [6.45, 7) is 1.40. The molecule has 0 radical (unpaired) electrons. The van der Waals surface area contributed by atoms with E-state index in [-0.39, 0.29) is 18.0 Å². The van der Waals surface area contributed by atoms with Crippen molar-refractivity contribution in [2.24, 2.45) is 0 Å². The van der Waals surface area contributed by atoms with Crippen LogP contribution in [0.25, 0.3) is 5.69 Å². The number of piperidine rings is 1. The topological polar surface area (TPSA) is 79.3 Å². The highest BCUT2D eigenvalue weighted by atomic mass is 16.2. The molecule has 0 unspecified atom stereocenters. The third kappa shape index (κ3) is 6.09. The minimum Gasteiger partial charge on any atom is -0.353 e. The fourth-order valence-electron chi connectivity index (χ4n) is 4.51. The summed E-state index contributed by atoms with van der Waals surface area (Å²) in [6.07, 6.45) is 12.5. The molecule has 2 fully saturated rings. The van der Waals surface area contributed by atoms with Gasteiger partial charge in [-0.25, -0.2) is 9.48 Å². The number of likely N-dealkylation sites (tertiary alicyclic amines) is 1. The number of urea groups is 1. The van der Waals surface area contributed by atoms with E-state index in [9.17, 15) is 9.59 Å². The number of carbonyl (C=O) groups is 2. The predicted molar refractivity (Wildman–Crippen MR) is 120 cm³/mol. The van der Waals surface area contributed by atoms with Crippen LogP contribution in [-0.4, -0.2) is 51.8 Å². The number of benzene rings is 1. The van der Waals surface area contributed by atoms with Crippen molar-refractivity contribution in [2.75, 3.05) is 13.1 Å². The minimum atomic E-state index is 0.0621. The van der Waals surface area contributed by atoms with Crippen molar-refractivity contribution in [3.8, 4) is 5.69 Å². The molecule has 0 atom stereocenters. The number of aromatic nitrogens is 2. The molecule has 2 aliphatic rings. The molecular formula is C24H33N5O2. The van der Waals surface area contributed by atoms with E-state index in [1.54, 1.807) is 0 Å². The van der Waals surface area contributed by atoms with Gasteiger partial charge in [0.05, 0.1) is 11.9 Å². The monoisotopic (exact) mass is 423 g/mol. The maximum absolute atomic E-state index is 12.5. The van der Waals surface area contributed by atoms with Crippen molar-refractivity contribution < 1.29 is 9.59 Å². The molecule has 0 spiro atoms. The number of rotatable bonds is 6. The number of hydrogen-bond acceptors (Lipinski definition) is 3. The first-order chi connectivity index (χ1) is 15.2. The number of nitrogens with zero attached hydrogens (tertiary/aromatic N) is 3. The van der Waals surface area contributed by atoms with Crippen LogP contribution in [0.4, 0.5) is 4.79 Å². The Morgan fingerprint density at radius 2 is 1.65 bits per heavy atom. The standard InChI is InChI=1S/C24H33N5O2/c30-23(12-11-19-17-25-29(18-19)22-9-5-2-6-10-22)26-21-13-15-28(16-14-21)24(31)27-20-7-3-1-4-8-20/h2,5-6,9-10,17-18,20-21H,1,3-4,7-8,11-16H2,(H,26,30)(H,27,31). The fourth-order valence-corrected chi connectivity index (χ4v) is 4.51. The number of carbonyl (C=O) groups excluding carboxylic acids is 2. The second-order valence-corrected chi connectivity index (χ2v) is 8.74. The van der Waals surface area contributed by atoms with Gasteiger partial charge in [0.25, 0.3) is 0 Å². The minimum absolute atomic E-state index is 0.0621. The van der Waals surface area contributed by atoms with Crippen LogP contribution in [0.5, 0.6) is 0 Å². The molecular weight excluding hydrogens is 390 g/mol. The molecule has 0 bridgehead atoms. The summed E-state index contributed by atoms with van der Waals surface area (Å²) in [6, 6.07) is 10.5. The second kappa shape index (κ2) is 10.5. The van der Waals surface area contributed by atoms with Crippen LogP contribution in [0, 0.1) is 0 Å². The lowest BCUT2D eigenvalue weighted by molar-refractivity contribution is -0.122. The summed E-state index contributed by atoms with van der Waals surface area (Å²) in [5, 5.41) is 10.7. The lowest BCUT2D eigenvalue weighted by atomic mass is 9.95. The van der Waals surface area contributed by atoms with Gasteiger partial charge in [-0.2, -0.15) is 5.10 Å². The van der Waals surface area contributed by atoms with Gasteiger partial charge in [0.15, 0.2) is 0 Å². The Morgan fingerprint density at radius 1 is 0.935 bits per heavy atom. The van der Waals surface area contributed by atoms with Crippen LogP contribution in [0.3, 0.4) is 0 Å². The fraction of sp³-hybridized carbons (Fsp3) is 0.542. The molecule has 2 N–H and O–H groups in total. The molecule has 1 saturated heterocycles. The summed E-state index contributed by atoms with van der Waals surface area (Å²) < 4.78 is 1.83. The highest BCUT2D eigenvalue weighted by molar-refractivity contribution is 5.77. The lowest BCUT2D eigenvalue weighted by Gasteiger charge is -2.34. The summed E-state index contributed by atoms with van der Waals surface area (Å²) in [4.78, 5) is 26.8. The first kappa shape index (κ1) is 21.4. The summed E-state index contributed by atoms with van der Waals surface area (Å²) >= 11 is 0. The summed E-state index contributed by atoms with van der Waals surface area (Å²) in [5.41, 5.74) is 2.06. The highest BCUT2D eigenvalue weighted by Crippen LogP contribution is 2.18. The van der Waals surface area contributed by atoms with Crippen molar-refractivity contribution in [3.05, 3.63) is 48.3 Å². The van der Waals surface area contributed by atoms with E-state index in [2.05, 4.69) is 15.7 Å². The van der Waals surface area contributed by atoms with Gasteiger partial charge >= 0.3 is 6.03 Å². The molecule has 1 aliphatic heterocycles. The quantitative estimate of drug-likeness (QED) is 0.747. The van der Waals surface area contributed by atoms with E-state index < -0.39 is 0 Å². The molecule has 2 aromatic rings. The Hall–Kier alpha value is -2.83. The number of aryl methyl sites for hydroxylation is 1. The normalized spacial score (nSPS) is 18.0. The lowest BCUT2D eigenvalue weighted by Crippen LogP contribution is -2.51. The summed E-state index contributed by atoms with van der Waals surface area (Å²) in [7, 11) is 0. The first-order valence-corrected chi connectivity index (χ1v) is 11.6. The van der Waals surface area contributed by atoms with Gasteiger partial charge in [-0.05, 0) is 49.8 Å². The Bertz CT molecular complexity index is 852. The van der Waals surface area contributed by atoms with Crippen molar-refractivity contribution in [1.82, 2.24) is 25.3 Å². The molecule has 7 heteroatoms. The number of nitrogens with one attached hydrogen (secondary N) is 2. The van der Waals surface area contributed by atoms with E-state index in [4.69, 9.17) is 0 Å². The Balaban J connectivity index is 1.16. The predicted octanol–water partition coefficient (Wildman–Crippen LogP) is 3.43. The van der Waals surface area contributed by atoms with Crippen LogP contribution in [0.15, 0.2) is 42.7 Å². The SMILES string of the molecule is O=C(CCc1cnn(-c2ccccc2)c1)NC1CCN(C(=O)NC2CCCCC2)CC1. The Labute approximate surface area is 184 Å². The number of amides is 3. The van der Waals surface area contributed by atoms with E-state index in [1.165, 1.54) is 19.3 Å². The average Bonchev–Trinajstić information content (AvgIpc) is 3.29. The highest BCUT2D eigenvalue weighted by Gasteiger charge is 2.25. The van der Waals surface area contributed by atoms with Crippen LogP contribution < -0.4 is 10.6 Å². The maximum Gasteiger partial charge on any atom is 0.317 e. The van der Waals surface area contributed by atoms with Gasteiger partial charge < -0.3 is 15.5 Å². The molecule has 2 heterocycles. The molecule has 166 valence electrons. The van der Waals surface area contributed by atoms with Gasteiger partial charge in [0, 0.05) is 37.8 Å². The average molecular weight is 424 g/mol. The van der Waals surface area contributed by atoms with Gasteiger partial charge in [-0.1, -0.05) is 37.5 Å². The Morgan fingerprint density at radius 3 is 2.39 bits per heavy atom. The van der Waals surface area contributed by atoms with Gasteiger partial charge in [-0.15, -0.1) is 0 Å². The molecule has 1 aromatic heterocycles. The van der Waals surface area contributed by atoms with E-state index in [0.717, 1.165) is 36.9 Å². The third-order valence-corrected chi connectivity index (χ3v) is 6.38. The largest absolute Gasteiger partial charge is 0.353 e. The van der Waals surface area contributed by atoms with Crippen LogP contribution >= 0.6 is 0 Å². The third-order valence-electron chi connectivity index (χ3n) is 6.38. The van der Waals surface area contributed by atoms with E-state index in [1.807, 2.05) is 52.3 Å². The zero-order chi connectivity index (χ0) is 21.5. The van der Waals surface area contributed by atoms with Crippen LogP contribution in [-0.2, 0) is 11.2 Å². The molecule has 1 aromatic carbocycles. The smallest absolute Gasteiger partial charge is 0.317 e. The van der Waals surface area contributed by atoms with Gasteiger partial charge in [0.2, 0.25) is 5.91 Å². The zero-order valence-electron chi connectivity index (χ0n) is 18.1. The van der Waals surface area contributed by atoms with Crippen LogP contribution in [0.2, 0.25) is 0 Å².